The summed E-state index contributed by atoms with van der Waals surface area (Å²) in [5.74, 6) is -2.92. The smallest absolute Gasteiger partial charge is 0.417 e. The Morgan fingerprint density at radius 2 is 2.05 bits per heavy atom. The summed E-state index contributed by atoms with van der Waals surface area (Å²) >= 11 is 0. The molecule has 2 atom stereocenters. The van der Waals surface area contributed by atoms with Crippen LogP contribution in [0.2, 0.25) is 0 Å². The van der Waals surface area contributed by atoms with E-state index in [1.807, 2.05) is 0 Å². The number of anilines is 1. The van der Waals surface area contributed by atoms with E-state index in [2.05, 4.69) is 10.3 Å². The van der Waals surface area contributed by atoms with Crippen LogP contribution in [-0.2, 0) is 9.59 Å². The summed E-state index contributed by atoms with van der Waals surface area (Å²) in [7, 11) is 0. The molecule has 0 aliphatic heterocycles. The first-order valence-electron chi connectivity index (χ1n) is 6.71. The van der Waals surface area contributed by atoms with Gasteiger partial charge in [0.05, 0.1) is 17.4 Å². The fraction of sp³-hybridized carbons (Fsp3) is 0.357. The fourth-order valence-corrected chi connectivity index (χ4v) is 2.83. The maximum absolute atomic E-state index is 12.2. The number of rotatable bonds is 3. The lowest BCUT2D eigenvalue weighted by Crippen LogP contribution is -2.29. The highest BCUT2D eigenvalue weighted by Gasteiger charge is 2.37. The molecule has 1 amide bonds. The van der Waals surface area contributed by atoms with Gasteiger partial charge in [0.2, 0.25) is 5.91 Å². The Labute approximate surface area is 119 Å². The number of aromatic nitrogens is 1. The molecule has 2 unspecified atom stereocenters. The number of amides is 1. The third kappa shape index (κ3) is 2.54. The van der Waals surface area contributed by atoms with Gasteiger partial charge in [0.25, 0.3) is 0 Å². The molecular formula is C14H14N2O5. The largest absolute Gasteiger partial charge is 0.481 e. The second-order valence-corrected chi connectivity index (χ2v) is 5.20. The first-order chi connectivity index (χ1) is 10.0. The van der Waals surface area contributed by atoms with Crippen molar-refractivity contribution in [2.24, 2.45) is 11.8 Å². The molecule has 0 radical (unpaired) electrons. The Bertz CT molecular complexity index is 760. The van der Waals surface area contributed by atoms with Crippen LogP contribution in [0, 0.1) is 11.8 Å². The van der Waals surface area contributed by atoms with Crippen molar-refractivity contribution in [2.45, 2.75) is 19.3 Å². The summed E-state index contributed by atoms with van der Waals surface area (Å²) in [6.07, 6.45) is 1.85. The van der Waals surface area contributed by atoms with Crippen molar-refractivity contribution in [3.63, 3.8) is 0 Å². The average molecular weight is 290 g/mol. The lowest BCUT2D eigenvalue weighted by Gasteiger charge is -2.15. The second-order valence-electron chi connectivity index (χ2n) is 5.20. The molecule has 7 nitrogen and oxygen atoms in total. The zero-order valence-corrected chi connectivity index (χ0v) is 11.1. The van der Waals surface area contributed by atoms with Crippen LogP contribution >= 0.6 is 0 Å². The molecule has 3 N–H and O–H groups in total. The highest BCUT2D eigenvalue weighted by molar-refractivity contribution is 5.96. The van der Waals surface area contributed by atoms with Crippen LogP contribution in [0.25, 0.3) is 11.1 Å². The van der Waals surface area contributed by atoms with Crippen LogP contribution in [0.4, 0.5) is 5.69 Å². The van der Waals surface area contributed by atoms with Gasteiger partial charge >= 0.3 is 11.7 Å². The molecule has 0 bridgehead atoms. The van der Waals surface area contributed by atoms with Gasteiger partial charge in [-0.2, -0.15) is 0 Å². The van der Waals surface area contributed by atoms with Crippen molar-refractivity contribution in [3.05, 3.63) is 28.7 Å². The summed E-state index contributed by atoms with van der Waals surface area (Å²) in [5, 5.41) is 11.8. The van der Waals surface area contributed by atoms with Crippen LogP contribution in [0.15, 0.2) is 27.4 Å². The summed E-state index contributed by atoms with van der Waals surface area (Å²) in [6.45, 7) is 0. The van der Waals surface area contributed by atoms with Crippen molar-refractivity contribution in [1.82, 2.24) is 4.98 Å². The lowest BCUT2D eigenvalue weighted by molar-refractivity contribution is -0.145. The minimum atomic E-state index is -0.928. The molecule has 1 heterocycles. The van der Waals surface area contributed by atoms with E-state index >= 15 is 0 Å². The van der Waals surface area contributed by atoms with E-state index in [-0.39, 0.29) is 5.91 Å². The first kappa shape index (κ1) is 13.4. The van der Waals surface area contributed by atoms with E-state index in [1.165, 1.54) is 0 Å². The normalized spacial score (nSPS) is 21.5. The van der Waals surface area contributed by atoms with Crippen molar-refractivity contribution < 1.29 is 19.1 Å². The molecular weight excluding hydrogens is 276 g/mol. The van der Waals surface area contributed by atoms with Gasteiger partial charge < -0.3 is 14.8 Å². The number of benzene rings is 1. The molecule has 7 heteroatoms. The summed E-state index contributed by atoms with van der Waals surface area (Å²) in [6, 6.07) is 4.77. The Kier molecular flexibility index (Phi) is 3.25. The van der Waals surface area contributed by atoms with E-state index in [0.29, 0.717) is 29.6 Å². The monoisotopic (exact) mass is 290 g/mol. The molecule has 0 spiro atoms. The molecule has 1 aliphatic carbocycles. The van der Waals surface area contributed by atoms with Gasteiger partial charge in [-0.1, -0.05) is 6.42 Å². The number of aromatic amines is 1. The number of hydrogen-bond donors (Lipinski definition) is 3. The molecule has 1 saturated carbocycles. The van der Waals surface area contributed by atoms with Crippen molar-refractivity contribution in [1.29, 1.82) is 0 Å². The molecule has 3 rings (SSSR count). The maximum Gasteiger partial charge on any atom is 0.417 e. The molecule has 2 aromatic rings. The lowest BCUT2D eigenvalue weighted by atomic mass is 9.95. The summed E-state index contributed by atoms with van der Waals surface area (Å²) in [5.41, 5.74) is 1.39. The molecule has 110 valence electrons. The molecule has 1 aliphatic rings. The van der Waals surface area contributed by atoms with Gasteiger partial charge in [-0.25, -0.2) is 4.79 Å². The minimum Gasteiger partial charge on any atom is -0.481 e. The Morgan fingerprint density at radius 1 is 1.29 bits per heavy atom. The number of carbonyl (C=O) groups is 2. The number of nitrogens with one attached hydrogen (secondary N) is 2. The molecule has 1 aromatic carbocycles. The zero-order valence-electron chi connectivity index (χ0n) is 11.1. The number of carbonyl (C=O) groups excluding carboxylic acids is 1. The molecule has 21 heavy (non-hydrogen) atoms. The minimum absolute atomic E-state index is 0.301. The van der Waals surface area contributed by atoms with Crippen LogP contribution in [-0.4, -0.2) is 22.0 Å². The number of hydrogen-bond acceptors (Lipinski definition) is 4. The number of H-pyrrole nitrogens is 1. The van der Waals surface area contributed by atoms with Gasteiger partial charge in [-0.15, -0.1) is 0 Å². The number of carboxylic acids is 1. The van der Waals surface area contributed by atoms with Crippen molar-refractivity contribution in [2.75, 3.05) is 5.32 Å². The third-order valence-electron chi connectivity index (χ3n) is 3.86. The van der Waals surface area contributed by atoms with E-state index < -0.39 is 23.6 Å². The van der Waals surface area contributed by atoms with E-state index in [4.69, 9.17) is 9.52 Å². The van der Waals surface area contributed by atoms with Gasteiger partial charge in [-0.3, -0.25) is 14.6 Å². The van der Waals surface area contributed by atoms with Crippen molar-refractivity contribution in [3.8, 4) is 0 Å². The number of aliphatic carboxylic acids is 1. The second kappa shape index (κ2) is 5.08. The van der Waals surface area contributed by atoms with Gasteiger partial charge in [0.15, 0.2) is 5.58 Å². The number of oxazole rings is 1. The van der Waals surface area contributed by atoms with Crippen molar-refractivity contribution >= 4 is 28.7 Å². The van der Waals surface area contributed by atoms with E-state index in [1.54, 1.807) is 18.2 Å². The zero-order chi connectivity index (χ0) is 15.0. The summed E-state index contributed by atoms with van der Waals surface area (Å²) < 4.78 is 4.87. The van der Waals surface area contributed by atoms with E-state index in [9.17, 15) is 14.4 Å². The quantitative estimate of drug-likeness (QED) is 0.794. The van der Waals surface area contributed by atoms with Gasteiger partial charge in [0.1, 0.15) is 0 Å². The fourth-order valence-electron chi connectivity index (χ4n) is 2.83. The molecule has 0 saturated heterocycles. The number of carboxylic acid groups (broad SMARTS) is 1. The first-order valence-corrected chi connectivity index (χ1v) is 6.71. The standard InChI is InChI=1S/C14H14N2O5/c17-12(8-2-1-3-9(8)13(18)19)15-7-4-5-11-10(6-7)16-14(20)21-11/h4-6,8-9H,1-3H2,(H,15,17)(H,16,20)(H,18,19). The van der Waals surface area contributed by atoms with Crippen LogP contribution < -0.4 is 11.1 Å². The van der Waals surface area contributed by atoms with Gasteiger partial charge in [-0.05, 0) is 31.0 Å². The predicted octanol–water partition coefficient (Wildman–Crippen LogP) is 1.56. The molecule has 1 fully saturated rings. The Hall–Kier alpha value is -2.57. The Balaban J connectivity index is 1.79. The predicted molar refractivity (Wildman–Crippen MR) is 73.9 cm³/mol. The summed E-state index contributed by atoms with van der Waals surface area (Å²) in [4.78, 5) is 36.9. The molecule has 1 aromatic heterocycles. The average Bonchev–Trinajstić information content (AvgIpc) is 3.03. The van der Waals surface area contributed by atoms with E-state index in [0.717, 1.165) is 6.42 Å². The van der Waals surface area contributed by atoms with Crippen LogP contribution in [0.5, 0.6) is 0 Å². The third-order valence-corrected chi connectivity index (χ3v) is 3.86. The topological polar surface area (TPSA) is 112 Å². The Morgan fingerprint density at radius 3 is 2.81 bits per heavy atom. The SMILES string of the molecule is O=C(O)C1CCCC1C(=O)Nc1ccc2oc(=O)[nH]c2c1. The van der Waals surface area contributed by atoms with Gasteiger partial charge in [0, 0.05) is 5.69 Å². The highest BCUT2D eigenvalue weighted by atomic mass is 16.4. The highest BCUT2D eigenvalue weighted by Crippen LogP contribution is 2.33. The van der Waals surface area contributed by atoms with Crippen LogP contribution in [0.3, 0.4) is 0 Å². The number of fused-ring (bicyclic) bond motifs is 1. The van der Waals surface area contributed by atoms with Crippen LogP contribution in [0.1, 0.15) is 19.3 Å². The maximum atomic E-state index is 12.2.